The largest absolute Gasteiger partial charge is 0.370 e. The monoisotopic (exact) mass is 360 g/mol. The Morgan fingerprint density at radius 2 is 1.67 bits per heavy atom. The summed E-state index contributed by atoms with van der Waals surface area (Å²) in [5.41, 5.74) is 3.82. The molecule has 0 fully saturated rings. The fraction of sp³-hybridized carbons (Fsp3) is 0.227. The third-order valence-corrected chi connectivity index (χ3v) is 4.50. The SMILES string of the molecule is CN(CCc1ccncc1)C(=O)c1cc(N(C)Cc2ccccc2)ccn1. The van der Waals surface area contributed by atoms with E-state index < -0.39 is 0 Å². The zero-order valence-corrected chi connectivity index (χ0v) is 15.7. The molecule has 0 saturated heterocycles. The third kappa shape index (κ3) is 5.14. The summed E-state index contributed by atoms with van der Waals surface area (Å²) >= 11 is 0. The molecule has 5 nitrogen and oxygen atoms in total. The van der Waals surface area contributed by atoms with Crippen LogP contribution in [0.2, 0.25) is 0 Å². The number of nitrogens with zero attached hydrogens (tertiary/aromatic N) is 4. The van der Waals surface area contributed by atoms with Gasteiger partial charge in [0.2, 0.25) is 0 Å². The molecule has 2 aromatic heterocycles. The van der Waals surface area contributed by atoms with Crippen LogP contribution in [0.1, 0.15) is 21.6 Å². The number of amides is 1. The highest BCUT2D eigenvalue weighted by Crippen LogP contribution is 2.17. The Balaban J connectivity index is 1.64. The Bertz CT molecular complexity index is 868. The van der Waals surface area contributed by atoms with Crippen molar-refractivity contribution >= 4 is 11.6 Å². The number of hydrogen-bond donors (Lipinski definition) is 0. The number of likely N-dealkylation sites (N-methyl/N-ethyl adjacent to an activating group) is 1. The Morgan fingerprint density at radius 1 is 0.926 bits per heavy atom. The molecule has 0 radical (unpaired) electrons. The van der Waals surface area contributed by atoms with Crippen LogP contribution >= 0.6 is 0 Å². The van der Waals surface area contributed by atoms with Gasteiger partial charge in [0.25, 0.3) is 5.91 Å². The molecule has 0 aliphatic heterocycles. The van der Waals surface area contributed by atoms with Gasteiger partial charge in [0.15, 0.2) is 0 Å². The van der Waals surface area contributed by atoms with Crippen molar-refractivity contribution in [2.75, 3.05) is 25.5 Å². The molecule has 2 heterocycles. The predicted octanol–water partition coefficient (Wildman–Crippen LogP) is 3.43. The van der Waals surface area contributed by atoms with Gasteiger partial charge in [-0.15, -0.1) is 0 Å². The second-order valence-corrected chi connectivity index (χ2v) is 6.57. The topological polar surface area (TPSA) is 49.3 Å². The van der Waals surface area contributed by atoms with E-state index in [0.717, 1.165) is 24.2 Å². The molecular weight excluding hydrogens is 336 g/mol. The minimum atomic E-state index is -0.0704. The van der Waals surface area contributed by atoms with Crippen LogP contribution < -0.4 is 4.90 Å². The van der Waals surface area contributed by atoms with E-state index in [0.29, 0.717) is 12.2 Å². The number of pyridine rings is 2. The van der Waals surface area contributed by atoms with Crippen molar-refractivity contribution in [2.45, 2.75) is 13.0 Å². The number of carbonyl (C=O) groups is 1. The average molecular weight is 360 g/mol. The van der Waals surface area contributed by atoms with Gasteiger partial charge in [-0.1, -0.05) is 30.3 Å². The maximum atomic E-state index is 12.7. The van der Waals surface area contributed by atoms with Crippen molar-refractivity contribution in [3.63, 3.8) is 0 Å². The lowest BCUT2D eigenvalue weighted by molar-refractivity contribution is 0.0791. The second-order valence-electron chi connectivity index (χ2n) is 6.57. The van der Waals surface area contributed by atoms with Crippen molar-refractivity contribution in [3.8, 4) is 0 Å². The Morgan fingerprint density at radius 3 is 2.41 bits per heavy atom. The summed E-state index contributed by atoms with van der Waals surface area (Å²) in [4.78, 5) is 24.9. The summed E-state index contributed by atoms with van der Waals surface area (Å²) in [7, 11) is 3.83. The highest BCUT2D eigenvalue weighted by Gasteiger charge is 2.14. The first kappa shape index (κ1) is 18.6. The Kier molecular flexibility index (Phi) is 6.15. The molecule has 0 atom stereocenters. The van der Waals surface area contributed by atoms with Crippen LogP contribution in [0.15, 0.2) is 73.2 Å². The molecule has 3 rings (SSSR count). The lowest BCUT2D eigenvalue weighted by atomic mass is 10.2. The van der Waals surface area contributed by atoms with Crippen molar-refractivity contribution in [1.82, 2.24) is 14.9 Å². The summed E-state index contributed by atoms with van der Waals surface area (Å²) in [6, 6.07) is 18.0. The van der Waals surface area contributed by atoms with Crippen molar-refractivity contribution in [1.29, 1.82) is 0 Å². The van der Waals surface area contributed by atoms with Crippen molar-refractivity contribution in [2.24, 2.45) is 0 Å². The number of aromatic nitrogens is 2. The molecule has 0 saturated carbocycles. The minimum Gasteiger partial charge on any atom is -0.370 e. The van der Waals surface area contributed by atoms with E-state index in [9.17, 15) is 4.79 Å². The molecule has 0 aliphatic rings. The van der Waals surface area contributed by atoms with Crippen LogP contribution in [0.4, 0.5) is 5.69 Å². The first-order valence-corrected chi connectivity index (χ1v) is 8.99. The predicted molar refractivity (Wildman–Crippen MR) is 108 cm³/mol. The van der Waals surface area contributed by atoms with Crippen molar-refractivity contribution in [3.05, 3.63) is 90.0 Å². The van der Waals surface area contributed by atoms with Crippen LogP contribution in [0.25, 0.3) is 0 Å². The molecule has 1 aromatic carbocycles. The Labute approximate surface area is 160 Å². The molecule has 0 aliphatic carbocycles. The lowest BCUT2D eigenvalue weighted by Gasteiger charge is -2.21. The van der Waals surface area contributed by atoms with Gasteiger partial charge in [0.05, 0.1) is 0 Å². The van der Waals surface area contributed by atoms with Crippen molar-refractivity contribution < 1.29 is 4.79 Å². The quantitative estimate of drug-likeness (QED) is 0.648. The van der Waals surface area contributed by atoms with Gasteiger partial charge in [-0.05, 0) is 41.8 Å². The lowest BCUT2D eigenvalue weighted by Crippen LogP contribution is -2.29. The molecule has 5 heteroatoms. The van der Waals surface area contributed by atoms with Gasteiger partial charge < -0.3 is 9.80 Å². The fourth-order valence-electron chi connectivity index (χ4n) is 2.87. The third-order valence-electron chi connectivity index (χ3n) is 4.50. The van der Waals surface area contributed by atoms with E-state index in [1.54, 1.807) is 23.5 Å². The number of benzene rings is 1. The zero-order valence-electron chi connectivity index (χ0n) is 15.7. The maximum Gasteiger partial charge on any atom is 0.272 e. The fourth-order valence-corrected chi connectivity index (χ4v) is 2.87. The standard InChI is InChI=1S/C22H24N4O/c1-25(15-11-18-8-12-23-13-9-18)22(27)21-16-20(10-14-24-21)26(2)17-19-6-4-3-5-7-19/h3-10,12-14,16H,11,15,17H2,1-2H3. The van der Waals surface area contributed by atoms with Crippen LogP contribution in [0.3, 0.4) is 0 Å². The number of hydrogen-bond acceptors (Lipinski definition) is 4. The summed E-state index contributed by atoms with van der Waals surface area (Å²) in [6.45, 7) is 1.41. The average Bonchev–Trinajstić information content (AvgIpc) is 2.73. The summed E-state index contributed by atoms with van der Waals surface area (Å²) in [5, 5.41) is 0. The van der Waals surface area contributed by atoms with E-state index in [1.165, 1.54) is 5.56 Å². The van der Waals surface area contributed by atoms with E-state index in [4.69, 9.17) is 0 Å². The van der Waals surface area contributed by atoms with Crippen LogP contribution in [0.5, 0.6) is 0 Å². The first-order chi connectivity index (χ1) is 13.1. The molecule has 0 bridgehead atoms. The molecule has 0 unspecified atom stereocenters. The van der Waals surface area contributed by atoms with Crippen LogP contribution in [-0.2, 0) is 13.0 Å². The first-order valence-electron chi connectivity index (χ1n) is 8.99. The van der Waals surface area contributed by atoms with Crippen LogP contribution in [0, 0.1) is 0 Å². The Hall–Kier alpha value is -3.21. The van der Waals surface area contributed by atoms with E-state index >= 15 is 0 Å². The van der Waals surface area contributed by atoms with E-state index in [2.05, 4.69) is 27.0 Å². The van der Waals surface area contributed by atoms with Gasteiger partial charge in [-0.25, -0.2) is 0 Å². The molecule has 1 amide bonds. The number of anilines is 1. The summed E-state index contributed by atoms with van der Waals surface area (Å²) < 4.78 is 0. The molecule has 0 N–H and O–H groups in total. The van der Waals surface area contributed by atoms with Crippen LogP contribution in [-0.4, -0.2) is 41.4 Å². The normalized spacial score (nSPS) is 10.4. The molecule has 0 spiro atoms. The molecule has 3 aromatic rings. The van der Waals surface area contributed by atoms with Gasteiger partial charge in [0.1, 0.15) is 5.69 Å². The summed E-state index contributed by atoms with van der Waals surface area (Å²) in [6.07, 6.45) is 6.02. The van der Waals surface area contributed by atoms with Gasteiger partial charge in [0, 0.05) is 51.5 Å². The molecule has 27 heavy (non-hydrogen) atoms. The van der Waals surface area contributed by atoms with E-state index in [-0.39, 0.29) is 5.91 Å². The molecular formula is C22H24N4O. The zero-order chi connectivity index (χ0) is 19.1. The van der Waals surface area contributed by atoms with Gasteiger partial charge in [-0.2, -0.15) is 0 Å². The highest BCUT2D eigenvalue weighted by atomic mass is 16.2. The van der Waals surface area contributed by atoms with E-state index in [1.807, 2.05) is 56.6 Å². The van der Waals surface area contributed by atoms with Gasteiger partial charge in [-0.3, -0.25) is 14.8 Å². The second kappa shape index (κ2) is 8.94. The smallest absolute Gasteiger partial charge is 0.272 e. The number of rotatable bonds is 7. The molecule has 138 valence electrons. The van der Waals surface area contributed by atoms with Gasteiger partial charge >= 0.3 is 0 Å². The summed E-state index contributed by atoms with van der Waals surface area (Å²) in [5.74, 6) is -0.0704. The maximum absolute atomic E-state index is 12.7. The highest BCUT2D eigenvalue weighted by molar-refractivity contribution is 5.93. The minimum absolute atomic E-state index is 0.0704. The number of carbonyl (C=O) groups excluding carboxylic acids is 1.